The Hall–Kier alpha value is -0.0800. The van der Waals surface area contributed by atoms with Crippen LogP contribution in [0.2, 0.25) is 0 Å². The Kier molecular flexibility index (Phi) is 4.90. The Morgan fingerprint density at radius 3 is 1.71 bits per heavy atom. The van der Waals surface area contributed by atoms with E-state index in [-0.39, 0.29) is 6.29 Å². The van der Waals surface area contributed by atoms with E-state index in [0.29, 0.717) is 5.41 Å². The number of hydrogen-bond acceptors (Lipinski definition) is 2. The highest BCUT2D eigenvalue weighted by atomic mass is 17.4. The van der Waals surface area contributed by atoms with Crippen molar-refractivity contribution < 1.29 is 9.78 Å². The van der Waals surface area contributed by atoms with Gasteiger partial charge in [0.05, 0.1) is 0 Å². The lowest BCUT2D eigenvalue weighted by Crippen LogP contribution is -2.26. The summed E-state index contributed by atoms with van der Waals surface area (Å²) in [5, 5.41) is 0. The molecule has 1 fully saturated rings. The van der Waals surface area contributed by atoms with Gasteiger partial charge in [-0.15, -0.1) is 0 Å². The molecule has 0 atom stereocenters. The molecule has 0 aliphatic carbocycles. The van der Waals surface area contributed by atoms with E-state index in [9.17, 15) is 0 Å². The fourth-order valence-corrected chi connectivity index (χ4v) is 2.17. The summed E-state index contributed by atoms with van der Waals surface area (Å²) in [4.78, 5) is 10.1. The van der Waals surface area contributed by atoms with Crippen LogP contribution in [0.25, 0.3) is 0 Å². The van der Waals surface area contributed by atoms with E-state index >= 15 is 0 Å². The van der Waals surface area contributed by atoms with Crippen LogP contribution in [0.15, 0.2) is 0 Å². The quantitative estimate of drug-likeness (QED) is 0.436. The topological polar surface area (TPSA) is 25.1 Å². The number of unbranched alkanes of at least 4 members (excludes halogenated alkanes) is 2. The van der Waals surface area contributed by atoms with Crippen molar-refractivity contribution in [2.75, 3.05) is 0 Å². The molecule has 0 saturated carbocycles. The largest absolute Gasteiger partial charge is 0.230 e. The lowest BCUT2D eigenvalue weighted by molar-refractivity contribution is 0.0850. The zero-order valence-electron chi connectivity index (χ0n) is 9.84. The van der Waals surface area contributed by atoms with Crippen LogP contribution in [-0.2, 0) is 9.78 Å². The molecule has 0 radical (unpaired) electrons. The summed E-state index contributed by atoms with van der Waals surface area (Å²) in [6.07, 6.45) is 8.90. The van der Waals surface area contributed by atoms with Crippen LogP contribution in [0.3, 0.4) is 0 Å². The molecule has 1 rings (SSSR count). The fourth-order valence-electron chi connectivity index (χ4n) is 2.17. The third kappa shape index (κ3) is 2.96. The smallest absolute Gasteiger partial charge is 0.198 e. The third-order valence-corrected chi connectivity index (χ3v) is 3.45. The van der Waals surface area contributed by atoms with E-state index in [1.165, 1.54) is 44.9 Å². The Morgan fingerprint density at radius 2 is 1.43 bits per heavy atom. The van der Waals surface area contributed by atoms with E-state index in [1.807, 2.05) is 0 Å². The summed E-state index contributed by atoms with van der Waals surface area (Å²) in [5.41, 5.74) is 0.312. The minimum absolute atomic E-state index is 0.102. The molecule has 0 unspecified atom stereocenters. The fraction of sp³-hybridized carbons (Fsp3) is 1.00. The summed E-state index contributed by atoms with van der Waals surface area (Å²) in [7, 11) is 0. The van der Waals surface area contributed by atoms with Gasteiger partial charge in [-0.3, -0.25) is 0 Å². The van der Waals surface area contributed by atoms with Gasteiger partial charge in [-0.25, -0.2) is 0 Å². The molecule has 0 aromatic rings. The van der Waals surface area contributed by atoms with E-state index in [4.69, 9.17) is 9.78 Å². The standard InChI is InChI=1S/C12H24O2/c1-4-7-9-12(6-3,10-8-5-2)11-13-14-11/h11H,4-10H2,1-3H3. The lowest BCUT2D eigenvalue weighted by Gasteiger charge is -2.28. The minimum atomic E-state index is 0.102. The van der Waals surface area contributed by atoms with Crippen LogP contribution >= 0.6 is 0 Å². The highest BCUT2D eigenvalue weighted by Crippen LogP contribution is 2.45. The predicted molar refractivity (Wildman–Crippen MR) is 57.7 cm³/mol. The Morgan fingerprint density at radius 1 is 0.929 bits per heavy atom. The van der Waals surface area contributed by atoms with Crippen molar-refractivity contribution in [2.24, 2.45) is 5.41 Å². The minimum Gasteiger partial charge on any atom is -0.198 e. The molecule has 84 valence electrons. The van der Waals surface area contributed by atoms with Crippen molar-refractivity contribution in [3.05, 3.63) is 0 Å². The highest BCUT2D eigenvalue weighted by molar-refractivity contribution is 4.83. The summed E-state index contributed by atoms with van der Waals surface area (Å²) in [6.45, 7) is 6.75. The van der Waals surface area contributed by atoms with Gasteiger partial charge in [-0.2, -0.15) is 9.78 Å². The molecule has 1 aliphatic heterocycles. The second-order valence-electron chi connectivity index (χ2n) is 4.45. The molecule has 0 amide bonds. The monoisotopic (exact) mass is 200 g/mol. The Bertz CT molecular complexity index is 144. The number of hydrogen-bond donors (Lipinski definition) is 0. The van der Waals surface area contributed by atoms with E-state index in [0.717, 1.165) is 0 Å². The lowest BCUT2D eigenvalue weighted by atomic mass is 9.76. The number of rotatable bonds is 8. The SMILES string of the molecule is CCCCC(CC)(CCCC)C1OO1. The zero-order valence-corrected chi connectivity index (χ0v) is 9.84. The van der Waals surface area contributed by atoms with Gasteiger partial charge < -0.3 is 0 Å². The van der Waals surface area contributed by atoms with Crippen molar-refractivity contribution >= 4 is 0 Å². The average Bonchev–Trinajstić information content (AvgIpc) is 3.03. The molecule has 0 bridgehead atoms. The van der Waals surface area contributed by atoms with E-state index in [2.05, 4.69) is 20.8 Å². The molecule has 1 aliphatic rings. The zero-order chi connectivity index (χ0) is 10.4. The van der Waals surface area contributed by atoms with Crippen LogP contribution in [0.1, 0.15) is 65.7 Å². The van der Waals surface area contributed by atoms with Gasteiger partial charge in [-0.1, -0.05) is 46.5 Å². The normalized spacial score (nSPS) is 17.4. The maximum absolute atomic E-state index is 5.06. The summed E-state index contributed by atoms with van der Waals surface area (Å²) in [6, 6.07) is 0. The summed E-state index contributed by atoms with van der Waals surface area (Å²) in [5.74, 6) is 0. The first-order valence-corrected chi connectivity index (χ1v) is 6.11. The molecule has 1 heterocycles. The first kappa shape index (κ1) is 12.0. The predicted octanol–water partition coefficient (Wildman–Crippen LogP) is 4.05. The average molecular weight is 200 g/mol. The van der Waals surface area contributed by atoms with Gasteiger partial charge >= 0.3 is 0 Å². The van der Waals surface area contributed by atoms with Gasteiger partial charge in [0, 0.05) is 5.41 Å². The molecule has 0 N–H and O–H groups in total. The van der Waals surface area contributed by atoms with Gasteiger partial charge in [0.15, 0.2) is 0 Å². The van der Waals surface area contributed by atoms with Gasteiger partial charge in [0.25, 0.3) is 0 Å². The maximum atomic E-state index is 5.06. The first-order chi connectivity index (χ1) is 6.79. The molecular weight excluding hydrogens is 176 g/mol. The molecule has 0 aromatic heterocycles. The maximum Gasteiger partial charge on any atom is 0.230 e. The molecule has 14 heavy (non-hydrogen) atoms. The van der Waals surface area contributed by atoms with Crippen LogP contribution in [0, 0.1) is 5.41 Å². The van der Waals surface area contributed by atoms with Gasteiger partial charge in [0.1, 0.15) is 0 Å². The van der Waals surface area contributed by atoms with Crippen LogP contribution in [-0.4, -0.2) is 6.29 Å². The van der Waals surface area contributed by atoms with Crippen LogP contribution < -0.4 is 0 Å². The van der Waals surface area contributed by atoms with Crippen molar-refractivity contribution in [1.29, 1.82) is 0 Å². The van der Waals surface area contributed by atoms with E-state index in [1.54, 1.807) is 0 Å². The van der Waals surface area contributed by atoms with Gasteiger partial charge in [0.2, 0.25) is 6.29 Å². The Labute approximate surface area is 87.9 Å². The van der Waals surface area contributed by atoms with Gasteiger partial charge in [-0.05, 0) is 19.3 Å². The van der Waals surface area contributed by atoms with Crippen LogP contribution in [0.4, 0.5) is 0 Å². The second-order valence-corrected chi connectivity index (χ2v) is 4.45. The summed E-state index contributed by atoms with van der Waals surface area (Å²) < 4.78 is 0. The second kappa shape index (κ2) is 5.72. The third-order valence-electron chi connectivity index (χ3n) is 3.45. The Balaban J connectivity index is 2.45. The molecule has 2 heteroatoms. The molecule has 0 spiro atoms. The summed E-state index contributed by atoms with van der Waals surface area (Å²) >= 11 is 0. The molecule has 2 nitrogen and oxygen atoms in total. The highest BCUT2D eigenvalue weighted by Gasteiger charge is 2.47. The van der Waals surface area contributed by atoms with Crippen molar-refractivity contribution in [3.8, 4) is 0 Å². The molecule has 0 aromatic carbocycles. The van der Waals surface area contributed by atoms with Crippen molar-refractivity contribution in [2.45, 2.75) is 72.0 Å². The first-order valence-electron chi connectivity index (χ1n) is 6.11. The van der Waals surface area contributed by atoms with E-state index < -0.39 is 0 Å². The van der Waals surface area contributed by atoms with Crippen molar-refractivity contribution in [1.82, 2.24) is 0 Å². The molecular formula is C12H24O2. The van der Waals surface area contributed by atoms with Crippen molar-refractivity contribution in [3.63, 3.8) is 0 Å². The van der Waals surface area contributed by atoms with Crippen LogP contribution in [0.5, 0.6) is 0 Å². The molecule has 1 saturated heterocycles.